The number of Topliss-reactive ketones (excluding diaryl/α,β-unsaturated/α-hetero) is 1. The van der Waals surface area contributed by atoms with Crippen molar-refractivity contribution in [3.8, 4) is 0 Å². The highest BCUT2D eigenvalue weighted by molar-refractivity contribution is 6.31. The predicted molar refractivity (Wildman–Crippen MR) is 50.8 cm³/mol. The lowest BCUT2D eigenvalue weighted by molar-refractivity contribution is 0.0925. The number of ketones is 1. The Bertz CT molecular complexity index is 357. The van der Waals surface area contributed by atoms with Gasteiger partial charge in [-0.15, -0.1) is 0 Å². The Morgan fingerprint density at radius 2 is 2.29 bits per heavy atom. The Kier molecular flexibility index (Phi) is 3.57. The van der Waals surface area contributed by atoms with E-state index in [1.165, 1.54) is 12.1 Å². The number of carbonyl (C=O) groups is 1. The maximum absolute atomic E-state index is 12.7. The second-order valence-corrected chi connectivity index (χ2v) is 3.19. The third-order valence-electron chi connectivity index (χ3n) is 1.74. The number of halogens is 2. The Morgan fingerprint density at radius 3 is 2.79 bits per heavy atom. The van der Waals surface area contributed by atoms with Crippen molar-refractivity contribution in [2.45, 2.75) is 6.04 Å². The van der Waals surface area contributed by atoms with Crippen LogP contribution in [0.4, 0.5) is 4.39 Å². The van der Waals surface area contributed by atoms with Gasteiger partial charge in [0.25, 0.3) is 0 Å². The lowest BCUT2D eigenvalue weighted by Crippen LogP contribution is -2.34. The summed E-state index contributed by atoms with van der Waals surface area (Å²) >= 11 is 5.48. The summed E-state index contributed by atoms with van der Waals surface area (Å²) < 4.78 is 12.7. The minimum Gasteiger partial charge on any atom is -0.394 e. The predicted octanol–water partition coefficient (Wildman–Crippen LogP) is 0.981. The Morgan fingerprint density at radius 1 is 1.64 bits per heavy atom. The molecule has 5 heteroatoms. The summed E-state index contributed by atoms with van der Waals surface area (Å²) in [6.45, 7) is -0.451. The molecule has 0 saturated heterocycles. The van der Waals surface area contributed by atoms with Gasteiger partial charge in [-0.05, 0) is 18.2 Å². The molecule has 0 saturated carbocycles. The lowest BCUT2D eigenvalue weighted by Gasteiger charge is -2.07. The first kappa shape index (κ1) is 11.1. The van der Waals surface area contributed by atoms with Crippen LogP contribution in [0.1, 0.15) is 10.4 Å². The van der Waals surface area contributed by atoms with E-state index in [-0.39, 0.29) is 10.6 Å². The van der Waals surface area contributed by atoms with Crippen molar-refractivity contribution < 1.29 is 14.3 Å². The highest BCUT2D eigenvalue weighted by Crippen LogP contribution is 2.16. The van der Waals surface area contributed by atoms with E-state index in [0.717, 1.165) is 6.07 Å². The van der Waals surface area contributed by atoms with Crippen LogP contribution in [0.5, 0.6) is 0 Å². The first-order chi connectivity index (χ1) is 6.56. The van der Waals surface area contributed by atoms with Crippen LogP contribution in [0.3, 0.4) is 0 Å². The zero-order valence-electron chi connectivity index (χ0n) is 7.21. The van der Waals surface area contributed by atoms with E-state index in [9.17, 15) is 9.18 Å². The molecule has 3 nitrogen and oxygen atoms in total. The second-order valence-electron chi connectivity index (χ2n) is 2.78. The number of hydrogen-bond acceptors (Lipinski definition) is 3. The van der Waals surface area contributed by atoms with Gasteiger partial charge in [-0.2, -0.15) is 0 Å². The Hall–Kier alpha value is -0.970. The molecule has 3 N–H and O–H groups in total. The molecule has 1 atom stereocenters. The van der Waals surface area contributed by atoms with Gasteiger partial charge in [0.1, 0.15) is 5.82 Å². The van der Waals surface area contributed by atoms with Crippen molar-refractivity contribution in [3.63, 3.8) is 0 Å². The maximum Gasteiger partial charge on any atom is 0.181 e. The van der Waals surface area contributed by atoms with Gasteiger partial charge in [0.05, 0.1) is 17.7 Å². The molecular formula is C9H9ClFNO2. The molecule has 0 aliphatic rings. The number of hydrogen-bond donors (Lipinski definition) is 2. The van der Waals surface area contributed by atoms with Gasteiger partial charge in [0.2, 0.25) is 0 Å². The number of benzene rings is 1. The average molecular weight is 218 g/mol. The summed E-state index contributed by atoms with van der Waals surface area (Å²) in [7, 11) is 0. The van der Waals surface area contributed by atoms with Crippen molar-refractivity contribution in [2.75, 3.05) is 6.61 Å². The molecule has 0 spiro atoms. The molecule has 1 aromatic rings. The monoisotopic (exact) mass is 217 g/mol. The molecular weight excluding hydrogens is 209 g/mol. The van der Waals surface area contributed by atoms with Crippen molar-refractivity contribution in [1.82, 2.24) is 0 Å². The highest BCUT2D eigenvalue weighted by atomic mass is 35.5. The van der Waals surface area contributed by atoms with Crippen LogP contribution in [0.15, 0.2) is 18.2 Å². The number of rotatable bonds is 3. The van der Waals surface area contributed by atoms with E-state index >= 15 is 0 Å². The molecule has 0 heterocycles. The fraction of sp³-hybridized carbons (Fsp3) is 0.222. The van der Waals surface area contributed by atoms with Crippen molar-refractivity contribution in [3.05, 3.63) is 34.6 Å². The van der Waals surface area contributed by atoms with Gasteiger partial charge in [-0.1, -0.05) is 11.6 Å². The topological polar surface area (TPSA) is 63.3 Å². The normalized spacial score (nSPS) is 12.6. The molecule has 0 aliphatic carbocycles. The first-order valence-electron chi connectivity index (χ1n) is 3.92. The molecule has 0 amide bonds. The van der Waals surface area contributed by atoms with Crippen LogP contribution in [0.2, 0.25) is 5.02 Å². The van der Waals surface area contributed by atoms with Crippen molar-refractivity contribution >= 4 is 17.4 Å². The van der Waals surface area contributed by atoms with E-state index in [1.807, 2.05) is 0 Å². The quantitative estimate of drug-likeness (QED) is 0.742. The zero-order valence-corrected chi connectivity index (χ0v) is 7.96. The van der Waals surface area contributed by atoms with Crippen LogP contribution in [0, 0.1) is 5.82 Å². The smallest absolute Gasteiger partial charge is 0.181 e. The first-order valence-corrected chi connectivity index (χ1v) is 4.29. The third-order valence-corrected chi connectivity index (χ3v) is 2.03. The van der Waals surface area contributed by atoms with E-state index in [4.69, 9.17) is 22.4 Å². The van der Waals surface area contributed by atoms with E-state index in [2.05, 4.69) is 0 Å². The number of carbonyl (C=O) groups excluding carboxylic acids is 1. The summed E-state index contributed by atoms with van der Waals surface area (Å²) in [5, 5.41) is 8.50. The third kappa shape index (κ3) is 2.29. The number of aliphatic hydroxyl groups excluding tert-OH is 1. The van der Waals surface area contributed by atoms with Gasteiger partial charge in [0.15, 0.2) is 5.78 Å². The number of aliphatic hydroxyl groups is 1. The largest absolute Gasteiger partial charge is 0.394 e. The SMILES string of the molecule is NC(CO)C(=O)c1ccc(F)c(Cl)c1. The molecule has 1 unspecified atom stereocenters. The fourth-order valence-corrected chi connectivity index (χ4v) is 1.13. The molecule has 0 radical (unpaired) electrons. The van der Waals surface area contributed by atoms with E-state index in [0.29, 0.717) is 0 Å². The maximum atomic E-state index is 12.7. The molecule has 14 heavy (non-hydrogen) atoms. The highest BCUT2D eigenvalue weighted by Gasteiger charge is 2.15. The van der Waals surface area contributed by atoms with Crippen LogP contribution < -0.4 is 5.73 Å². The van der Waals surface area contributed by atoms with Crippen LogP contribution >= 0.6 is 11.6 Å². The van der Waals surface area contributed by atoms with Gasteiger partial charge >= 0.3 is 0 Å². The average Bonchev–Trinajstić information content (AvgIpc) is 2.20. The lowest BCUT2D eigenvalue weighted by atomic mass is 10.1. The zero-order chi connectivity index (χ0) is 10.7. The van der Waals surface area contributed by atoms with Crippen LogP contribution in [0.25, 0.3) is 0 Å². The Labute approximate surface area is 85.3 Å². The minimum absolute atomic E-state index is 0.138. The second kappa shape index (κ2) is 4.50. The molecule has 0 aliphatic heterocycles. The summed E-state index contributed by atoms with van der Waals surface area (Å²) in [5.74, 6) is -1.06. The van der Waals surface area contributed by atoms with E-state index in [1.54, 1.807) is 0 Å². The molecule has 76 valence electrons. The van der Waals surface area contributed by atoms with Crippen molar-refractivity contribution in [2.24, 2.45) is 5.73 Å². The molecule has 0 aromatic heterocycles. The minimum atomic E-state index is -0.989. The summed E-state index contributed by atoms with van der Waals surface area (Å²) in [6, 6.07) is 2.56. The van der Waals surface area contributed by atoms with E-state index < -0.39 is 24.2 Å². The summed E-state index contributed by atoms with van der Waals surface area (Å²) in [4.78, 5) is 11.4. The number of nitrogens with two attached hydrogens (primary N) is 1. The van der Waals surface area contributed by atoms with Gasteiger partial charge < -0.3 is 10.8 Å². The summed E-state index contributed by atoms with van der Waals surface area (Å²) in [6.07, 6.45) is 0. The van der Waals surface area contributed by atoms with Gasteiger partial charge in [-0.3, -0.25) is 4.79 Å². The van der Waals surface area contributed by atoms with Gasteiger partial charge in [-0.25, -0.2) is 4.39 Å². The standard InChI is InChI=1S/C9H9ClFNO2/c10-6-3-5(1-2-7(6)11)9(14)8(12)4-13/h1-3,8,13H,4,12H2. The van der Waals surface area contributed by atoms with Crippen molar-refractivity contribution in [1.29, 1.82) is 0 Å². The van der Waals surface area contributed by atoms with Crippen LogP contribution in [-0.4, -0.2) is 23.5 Å². The Balaban J connectivity index is 2.97. The van der Waals surface area contributed by atoms with Gasteiger partial charge in [0, 0.05) is 5.56 Å². The molecule has 0 bridgehead atoms. The van der Waals surface area contributed by atoms with Crippen LogP contribution in [-0.2, 0) is 0 Å². The fourth-order valence-electron chi connectivity index (χ4n) is 0.946. The molecule has 1 rings (SSSR count). The summed E-state index contributed by atoms with van der Waals surface area (Å²) in [5.41, 5.74) is 5.49. The molecule has 0 fully saturated rings. The molecule has 1 aromatic carbocycles.